The number of para-hydroxylation sites is 1. The van der Waals surface area contributed by atoms with E-state index < -0.39 is 109 Å². The second-order valence-electron chi connectivity index (χ2n) is 10.3. The summed E-state index contributed by atoms with van der Waals surface area (Å²) in [4.78, 5) is 0. The molecule has 1 heteroatoms. The van der Waals surface area contributed by atoms with E-state index >= 15 is 0 Å². The molecule has 0 unspecified atom stereocenters. The molecule has 0 atom stereocenters. The van der Waals surface area contributed by atoms with Gasteiger partial charge in [-0.25, -0.2) is 0 Å². The van der Waals surface area contributed by atoms with Gasteiger partial charge in [0.25, 0.3) is 0 Å². The normalized spacial score (nSPS) is 17.2. The van der Waals surface area contributed by atoms with E-state index in [9.17, 15) is 8.22 Å². The molecular formula is C44H28O. The summed E-state index contributed by atoms with van der Waals surface area (Å²) in [7, 11) is 0. The first-order valence-corrected chi connectivity index (χ1v) is 14.0. The lowest BCUT2D eigenvalue weighted by molar-refractivity contribution is 0.669. The Hall–Kier alpha value is -5.92. The van der Waals surface area contributed by atoms with Crippen molar-refractivity contribution in [3.63, 3.8) is 0 Å². The molecule has 8 aromatic carbocycles. The van der Waals surface area contributed by atoms with Gasteiger partial charge in [-0.15, -0.1) is 0 Å². The molecule has 0 saturated heterocycles. The average molecular weight is 591 g/mol. The summed E-state index contributed by atoms with van der Waals surface area (Å²) in [6.07, 6.45) is 0. The SMILES string of the molecule is [2H]c1c([2H])c([2H])c(-c2ccccc2-c2c3c([2H])c([2H])c([2H])c([2H])c3c(-c3ccc4oc5ccccc5c4c3-c3c([2H])c([2H])c([2H])c([2H])c3[2H])c3c([2H])c([2H])c([2H])c([2H])c23)c([2H])c1[2H]. The minimum atomic E-state index is -0.724. The quantitative estimate of drug-likeness (QED) is 0.186. The van der Waals surface area contributed by atoms with Crippen molar-refractivity contribution in [2.45, 2.75) is 0 Å². The molecule has 9 rings (SSSR count). The lowest BCUT2D eigenvalue weighted by Gasteiger charge is -2.21. The highest BCUT2D eigenvalue weighted by atomic mass is 16.3. The van der Waals surface area contributed by atoms with Gasteiger partial charge < -0.3 is 4.42 Å². The molecule has 210 valence electrons. The lowest BCUT2D eigenvalue weighted by atomic mass is 9.81. The number of benzene rings is 8. The van der Waals surface area contributed by atoms with Crippen LogP contribution in [-0.2, 0) is 0 Å². The average Bonchev–Trinajstić information content (AvgIpc) is 3.67. The van der Waals surface area contributed by atoms with Gasteiger partial charge in [0.05, 0.1) is 24.7 Å². The molecular weight excluding hydrogens is 544 g/mol. The topological polar surface area (TPSA) is 13.1 Å². The molecule has 0 fully saturated rings. The van der Waals surface area contributed by atoms with Crippen LogP contribution in [0.3, 0.4) is 0 Å². The molecule has 1 nitrogen and oxygen atoms in total. The molecule has 0 radical (unpaired) electrons. The van der Waals surface area contributed by atoms with Crippen LogP contribution >= 0.6 is 0 Å². The van der Waals surface area contributed by atoms with Gasteiger partial charge in [0.15, 0.2) is 0 Å². The Bertz CT molecular complexity index is 3420. The van der Waals surface area contributed by atoms with Crippen LogP contribution in [0.4, 0.5) is 0 Å². The van der Waals surface area contributed by atoms with Crippen molar-refractivity contribution in [3.8, 4) is 44.5 Å². The molecule has 0 spiro atoms. The summed E-state index contributed by atoms with van der Waals surface area (Å²) in [5.74, 6) is 0. The Balaban J connectivity index is 1.62. The van der Waals surface area contributed by atoms with Crippen LogP contribution in [0.1, 0.15) is 24.7 Å². The summed E-state index contributed by atoms with van der Waals surface area (Å²) >= 11 is 0. The zero-order valence-electron chi connectivity index (χ0n) is 41.2. The molecule has 0 amide bonds. The van der Waals surface area contributed by atoms with Gasteiger partial charge in [-0.2, -0.15) is 0 Å². The minimum Gasteiger partial charge on any atom is -0.456 e. The second-order valence-corrected chi connectivity index (χ2v) is 10.3. The summed E-state index contributed by atoms with van der Waals surface area (Å²) < 4.78 is 167. The summed E-state index contributed by atoms with van der Waals surface area (Å²) in [6.45, 7) is 0. The van der Waals surface area contributed by atoms with E-state index in [1.165, 1.54) is 36.4 Å². The Kier molecular flexibility index (Phi) is 3.08. The molecule has 0 saturated carbocycles. The van der Waals surface area contributed by atoms with Gasteiger partial charge in [-0.3, -0.25) is 0 Å². The summed E-state index contributed by atoms with van der Waals surface area (Å²) in [5, 5.41) is -0.386. The van der Waals surface area contributed by atoms with Crippen molar-refractivity contribution in [2.75, 3.05) is 0 Å². The van der Waals surface area contributed by atoms with Gasteiger partial charge >= 0.3 is 0 Å². The maximum absolute atomic E-state index is 9.57. The summed E-state index contributed by atoms with van der Waals surface area (Å²) in [5.41, 5.74) is -0.421. The smallest absolute Gasteiger partial charge is 0.136 e. The van der Waals surface area contributed by atoms with Gasteiger partial charge in [0, 0.05) is 16.3 Å². The predicted octanol–water partition coefficient (Wildman–Crippen LogP) is 12.6. The van der Waals surface area contributed by atoms with Crippen LogP contribution in [0.25, 0.3) is 88.0 Å². The Morgan fingerprint density at radius 1 is 0.356 bits per heavy atom. The maximum atomic E-state index is 9.57. The largest absolute Gasteiger partial charge is 0.456 e. The number of hydrogen-bond donors (Lipinski definition) is 0. The van der Waals surface area contributed by atoms with Crippen molar-refractivity contribution in [3.05, 3.63) is 169 Å². The van der Waals surface area contributed by atoms with Crippen LogP contribution < -0.4 is 0 Å². The van der Waals surface area contributed by atoms with Gasteiger partial charge in [-0.05, 0) is 78.7 Å². The van der Waals surface area contributed by atoms with E-state index in [-0.39, 0.29) is 77.0 Å². The molecule has 0 bridgehead atoms. The fraction of sp³-hybridized carbons (Fsp3) is 0. The van der Waals surface area contributed by atoms with E-state index in [4.69, 9.17) is 20.9 Å². The van der Waals surface area contributed by atoms with Gasteiger partial charge in [0.2, 0.25) is 0 Å². The molecule has 1 heterocycles. The molecule has 0 N–H and O–H groups in total. The van der Waals surface area contributed by atoms with Crippen molar-refractivity contribution < 1.29 is 29.1 Å². The minimum absolute atomic E-state index is 0.00391. The highest BCUT2D eigenvalue weighted by Gasteiger charge is 2.23. The fourth-order valence-corrected chi connectivity index (χ4v) is 6.13. The van der Waals surface area contributed by atoms with Crippen LogP contribution in [0.2, 0.25) is 0 Å². The molecule has 0 aliphatic rings. The Morgan fingerprint density at radius 2 is 0.867 bits per heavy atom. The van der Waals surface area contributed by atoms with Crippen LogP contribution in [0.5, 0.6) is 0 Å². The predicted molar refractivity (Wildman–Crippen MR) is 190 cm³/mol. The van der Waals surface area contributed by atoms with E-state index in [1.54, 1.807) is 24.3 Å². The van der Waals surface area contributed by atoms with Crippen LogP contribution in [0.15, 0.2) is 174 Å². The molecule has 0 aliphatic heterocycles. The zero-order chi connectivity index (χ0) is 45.4. The van der Waals surface area contributed by atoms with Crippen molar-refractivity contribution in [1.29, 1.82) is 0 Å². The first-order chi connectivity index (χ1) is 29.8. The van der Waals surface area contributed by atoms with Crippen molar-refractivity contribution in [2.24, 2.45) is 0 Å². The van der Waals surface area contributed by atoms with Crippen LogP contribution in [-0.4, -0.2) is 0 Å². The molecule has 9 aromatic rings. The third kappa shape index (κ3) is 4.02. The highest BCUT2D eigenvalue weighted by molar-refractivity contribution is 6.25. The number of furan rings is 1. The Labute approximate surface area is 286 Å². The number of hydrogen-bond acceptors (Lipinski definition) is 1. The second kappa shape index (κ2) is 10.4. The fourth-order valence-electron chi connectivity index (χ4n) is 6.13. The van der Waals surface area contributed by atoms with Crippen LogP contribution in [0, 0.1) is 0 Å². The van der Waals surface area contributed by atoms with E-state index in [2.05, 4.69) is 0 Å². The van der Waals surface area contributed by atoms with E-state index in [1.807, 2.05) is 0 Å². The summed E-state index contributed by atoms with van der Waals surface area (Å²) in [6, 6.07) is 3.80. The third-order valence-electron chi connectivity index (χ3n) is 7.90. The van der Waals surface area contributed by atoms with E-state index in [0.29, 0.717) is 11.0 Å². The zero-order valence-corrected chi connectivity index (χ0v) is 23.2. The maximum Gasteiger partial charge on any atom is 0.136 e. The van der Waals surface area contributed by atoms with Crippen molar-refractivity contribution in [1.82, 2.24) is 0 Å². The number of rotatable bonds is 4. The molecule has 0 aliphatic carbocycles. The lowest BCUT2D eigenvalue weighted by Crippen LogP contribution is -1.94. The first-order valence-electron chi connectivity index (χ1n) is 23.0. The Morgan fingerprint density at radius 3 is 1.51 bits per heavy atom. The van der Waals surface area contributed by atoms with Gasteiger partial charge in [-0.1, -0.05) is 151 Å². The van der Waals surface area contributed by atoms with Gasteiger partial charge in [0.1, 0.15) is 11.2 Å². The third-order valence-corrected chi connectivity index (χ3v) is 7.90. The first kappa shape index (κ1) is 13.4. The highest BCUT2D eigenvalue weighted by Crippen LogP contribution is 2.50. The standard InChI is InChI=1S/C44H28O/c1-3-15-29(16-4-1)31-19-7-8-20-32(31)42-33-21-9-11-23-35(33)43(36-24-12-10-22-34(36)42)38-27-28-40-44(37-25-13-14-26-39(37)45-40)41(38)30-17-5-2-6-18-30/h1-28H/i1D,2D,3D,4D,5D,6D,9D,10D,11D,12D,15D,16D,17D,18D,21D,22D,23D,24D. The number of fused-ring (bicyclic) bond motifs is 5. The van der Waals surface area contributed by atoms with E-state index in [0.717, 1.165) is 0 Å². The monoisotopic (exact) mass is 590 g/mol. The molecule has 1 aromatic heterocycles. The van der Waals surface area contributed by atoms with Crippen molar-refractivity contribution >= 4 is 43.5 Å². The molecule has 45 heavy (non-hydrogen) atoms.